The molecule has 0 amide bonds. The van der Waals surface area contributed by atoms with Crippen molar-refractivity contribution in [3.05, 3.63) is 0 Å². The first-order chi connectivity index (χ1) is 13.2. The molecule has 0 aromatic heterocycles. The largest absolute Gasteiger partial charge is 0.311 e. The number of unbranched alkanes of at least 4 members (excludes halogenated alkanes) is 2. The Balaban J connectivity index is 1.95. The minimum absolute atomic E-state index is 0.735. The standard InChI is InChI=1S/C25H49NS/c1-4-5-10-15-23-16-11-8-6-7-9-13-18-27-19-14-12-17-24-20-21(2)26-25(24)22(23)3/h21-26H,4-20H2,1-3H3/t21?,22-,23?,24+,25+/m0/s1. The number of hydrogen-bond donors (Lipinski definition) is 1. The smallest absolute Gasteiger partial charge is 0.0127 e. The van der Waals surface area contributed by atoms with E-state index in [0.29, 0.717) is 0 Å². The van der Waals surface area contributed by atoms with Crippen molar-refractivity contribution in [1.82, 2.24) is 5.32 Å². The molecule has 2 unspecified atom stereocenters. The molecule has 5 atom stereocenters. The Bertz CT molecular complexity index is 358. The third-order valence-corrected chi connectivity index (χ3v) is 8.51. The molecule has 2 saturated heterocycles. The quantitative estimate of drug-likeness (QED) is 0.487. The Morgan fingerprint density at radius 3 is 2.26 bits per heavy atom. The number of hydrogen-bond acceptors (Lipinski definition) is 2. The molecule has 2 aliphatic rings. The van der Waals surface area contributed by atoms with E-state index in [0.717, 1.165) is 29.8 Å². The van der Waals surface area contributed by atoms with Crippen LogP contribution in [0.25, 0.3) is 0 Å². The first-order valence-electron chi connectivity index (χ1n) is 12.6. The van der Waals surface area contributed by atoms with Gasteiger partial charge < -0.3 is 5.32 Å². The van der Waals surface area contributed by atoms with Crippen molar-refractivity contribution >= 4 is 11.8 Å². The molecular weight excluding hydrogens is 346 g/mol. The maximum absolute atomic E-state index is 4.03. The zero-order valence-electron chi connectivity index (χ0n) is 18.8. The van der Waals surface area contributed by atoms with Gasteiger partial charge in [-0.3, -0.25) is 0 Å². The lowest BCUT2D eigenvalue weighted by molar-refractivity contribution is 0.206. The van der Waals surface area contributed by atoms with Crippen LogP contribution in [0.5, 0.6) is 0 Å². The Kier molecular flexibility index (Phi) is 12.5. The summed E-state index contributed by atoms with van der Waals surface area (Å²) in [7, 11) is 0. The Morgan fingerprint density at radius 1 is 0.815 bits per heavy atom. The minimum atomic E-state index is 0.735. The van der Waals surface area contributed by atoms with Gasteiger partial charge in [-0.15, -0.1) is 0 Å². The first kappa shape index (κ1) is 23.6. The fourth-order valence-corrected chi connectivity index (χ4v) is 6.68. The van der Waals surface area contributed by atoms with Gasteiger partial charge in [0.15, 0.2) is 0 Å². The summed E-state index contributed by atoms with van der Waals surface area (Å²) in [6.07, 6.45) is 21.8. The van der Waals surface area contributed by atoms with E-state index in [4.69, 9.17) is 0 Å². The van der Waals surface area contributed by atoms with Crippen LogP contribution in [0.3, 0.4) is 0 Å². The predicted molar refractivity (Wildman–Crippen MR) is 125 cm³/mol. The normalized spacial score (nSPS) is 35.4. The van der Waals surface area contributed by atoms with E-state index in [2.05, 4.69) is 37.8 Å². The average molecular weight is 396 g/mol. The molecular formula is C25H49NS. The van der Waals surface area contributed by atoms with Crippen molar-refractivity contribution in [3.63, 3.8) is 0 Å². The van der Waals surface area contributed by atoms with E-state index in [1.165, 1.54) is 108 Å². The van der Waals surface area contributed by atoms with Gasteiger partial charge in [-0.1, -0.05) is 84.5 Å². The first-order valence-corrected chi connectivity index (χ1v) is 13.7. The monoisotopic (exact) mass is 395 g/mol. The summed E-state index contributed by atoms with van der Waals surface area (Å²) in [5.74, 6) is 5.55. The molecule has 0 radical (unpaired) electrons. The molecule has 0 aromatic rings. The van der Waals surface area contributed by atoms with E-state index in [-0.39, 0.29) is 0 Å². The lowest BCUT2D eigenvalue weighted by Crippen LogP contribution is -2.39. The molecule has 1 N–H and O–H groups in total. The van der Waals surface area contributed by atoms with Gasteiger partial charge in [-0.2, -0.15) is 11.8 Å². The molecule has 0 saturated carbocycles. The lowest BCUT2D eigenvalue weighted by Gasteiger charge is -2.33. The Labute approximate surface area is 175 Å². The molecule has 160 valence electrons. The second-order valence-corrected chi connectivity index (χ2v) is 10.9. The SMILES string of the molecule is CCCCCC1CCCCCCCCSCCCC[C@@H]2CC(C)N[C@@H]2[C@H]1C. The van der Waals surface area contributed by atoms with Crippen LogP contribution in [0.15, 0.2) is 0 Å². The molecule has 2 heteroatoms. The summed E-state index contributed by atoms with van der Waals surface area (Å²) < 4.78 is 0. The van der Waals surface area contributed by atoms with Gasteiger partial charge >= 0.3 is 0 Å². The topological polar surface area (TPSA) is 12.0 Å². The van der Waals surface area contributed by atoms with Crippen LogP contribution in [-0.2, 0) is 0 Å². The summed E-state index contributed by atoms with van der Waals surface area (Å²) in [6, 6.07) is 1.52. The van der Waals surface area contributed by atoms with Crippen molar-refractivity contribution in [2.75, 3.05) is 11.5 Å². The van der Waals surface area contributed by atoms with Crippen LogP contribution < -0.4 is 5.32 Å². The van der Waals surface area contributed by atoms with E-state index in [1.807, 2.05) is 0 Å². The van der Waals surface area contributed by atoms with E-state index in [9.17, 15) is 0 Å². The highest BCUT2D eigenvalue weighted by Gasteiger charge is 2.37. The van der Waals surface area contributed by atoms with Crippen molar-refractivity contribution in [2.24, 2.45) is 17.8 Å². The highest BCUT2D eigenvalue weighted by Crippen LogP contribution is 2.37. The van der Waals surface area contributed by atoms with E-state index >= 15 is 0 Å². The molecule has 1 nitrogen and oxygen atoms in total. The van der Waals surface area contributed by atoms with E-state index < -0.39 is 0 Å². The van der Waals surface area contributed by atoms with Crippen LogP contribution in [0.2, 0.25) is 0 Å². The molecule has 0 spiro atoms. The highest BCUT2D eigenvalue weighted by atomic mass is 32.2. The molecule has 0 aliphatic carbocycles. The summed E-state index contributed by atoms with van der Waals surface area (Å²) in [4.78, 5) is 0. The Morgan fingerprint density at radius 2 is 1.48 bits per heavy atom. The second kappa shape index (κ2) is 14.3. The molecule has 0 bridgehead atoms. The Hall–Kier alpha value is 0.310. The van der Waals surface area contributed by atoms with Crippen molar-refractivity contribution < 1.29 is 0 Å². The third-order valence-electron chi connectivity index (χ3n) is 7.36. The van der Waals surface area contributed by atoms with Gasteiger partial charge in [0.2, 0.25) is 0 Å². The van der Waals surface area contributed by atoms with Crippen molar-refractivity contribution in [2.45, 2.75) is 129 Å². The second-order valence-electron chi connectivity index (χ2n) is 9.72. The van der Waals surface area contributed by atoms with Crippen LogP contribution in [0.4, 0.5) is 0 Å². The van der Waals surface area contributed by atoms with Gasteiger partial charge in [-0.25, -0.2) is 0 Å². The van der Waals surface area contributed by atoms with Crippen LogP contribution in [-0.4, -0.2) is 23.6 Å². The molecule has 27 heavy (non-hydrogen) atoms. The van der Waals surface area contributed by atoms with Gasteiger partial charge in [0, 0.05) is 12.1 Å². The zero-order valence-corrected chi connectivity index (χ0v) is 19.6. The molecule has 2 aliphatic heterocycles. The summed E-state index contributed by atoms with van der Waals surface area (Å²) in [5, 5.41) is 4.03. The summed E-state index contributed by atoms with van der Waals surface area (Å²) in [5.41, 5.74) is 0. The molecule has 0 aromatic carbocycles. The fraction of sp³-hybridized carbons (Fsp3) is 1.00. The van der Waals surface area contributed by atoms with Crippen LogP contribution >= 0.6 is 11.8 Å². The van der Waals surface area contributed by atoms with E-state index in [1.54, 1.807) is 0 Å². The highest BCUT2D eigenvalue weighted by molar-refractivity contribution is 7.99. The molecule has 2 heterocycles. The summed E-state index contributed by atoms with van der Waals surface area (Å²) >= 11 is 2.22. The number of rotatable bonds is 4. The maximum atomic E-state index is 4.03. The number of nitrogens with one attached hydrogen (secondary N) is 1. The zero-order chi connectivity index (χ0) is 19.3. The summed E-state index contributed by atoms with van der Waals surface area (Å²) in [6.45, 7) is 7.37. The number of fused-ring (bicyclic) bond motifs is 1. The van der Waals surface area contributed by atoms with Gasteiger partial charge in [0.25, 0.3) is 0 Å². The van der Waals surface area contributed by atoms with Gasteiger partial charge in [0.05, 0.1) is 0 Å². The third kappa shape index (κ3) is 9.11. The van der Waals surface area contributed by atoms with Crippen molar-refractivity contribution in [1.29, 1.82) is 0 Å². The van der Waals surface area contributed by atoms with Crippen molar-refractivity contribution in [3.8, 4) is 0 Å². The van der Waals surface area contributed by atoms with Crippen LogP contribution in [0.1, 0.15) is 117 Å². The average Bonchev–Trinajstić information content (AvgIpc) is 3.03. The minimum Gasteiger partial charge on any atom is -0.311 e. The maximum Gasteiger partial charge on any atom is 0.0127 e. The lowest BCUT2D eigenvalue weighted by atomic mass is 9.76. The van der Waals surface area contributed by atoms with Gasteiger partial charge in [0.1, 0.15) is 0 Å². The molecule has 2 fully saturated rings. The fourth-order valence-electron chi connectivity index (χ4n) is 5.66. The van der Waals surface area contributed by atoms with Crippen LogP contribution in [0, 0.1) is 17.8 Å². The molecule has 2 rings (SSSR count). The van der Waals surface area contributed by atoms with Gasteiger partial charge in [-0.05, 0) is 61.9 Å². The predicted octanol–water partition coefficient (Wildman–Crippen LogP) is 7.83. The number of thioether (sulfide) groups is 1.